The quantitative estimate of drug-likeness (QED) is 0.897. The van der Waals surface area contributed by atoms with Gasteiger partial charge >= 0.3 is 0 Å². The zero-order valence-electron chi connectivity index (χ0n) is 10.7. The van der Waals surface area contributed by atoms with Crippen LogP contribution in [0.1, 0.15) is 18.5 Å². The van der Waals surface area contributed by atoms with E-state index < -0.39 is 0 Å². The van der Waals surface area contributed by atoms with Crippen LogP contribution in [-0.2, 0) is 0 Å². The Hall–Kier alpha value is -0.780. The van der Waals surface area contributed by atoms with Gasteiger partial charge in [0.25, 0.3) is 0 Å². The Balaban J connectivity index is 2.23. The van der Waals surface area contributed by atoms with Crippen molar-refractivity contribution in [3.05, 3.63) is 22.2 Å². The van der Waals surface area contributed by atoms with Gasteiger partial charge in [0.15, 0.2) is 11.5 Å². The highest BCUT2D eigenvalue weighted by atomic mass is 79.9. The summed E-state index contributed by atoms with van der Waals surface area (Å²) in [5, 5.41) is 13.2. The third kappa shape index (κ3) is 2.79. The fourth-order valence-electron chi connectivity index (χ4n) is 2.27. The summed E-state index contributed by atoms with van der Waals surface area (Å²) in [4.78, 5) is 2.43. The molecule has 1 aliphatic rings. The van der Waals surface area contributed by atoms with Crippen LogP contribution in [0.2, 0.25) is 0 Å². The minimum Gasteiger partial charge on any atom is -0.503 e. The SMILES string of the molecule is COc1cc([C@H](C)N2CCNCC2)cc(Br)c1O. The zero-order chi connectivity index (χ0) is 13.1. The Morgan fingerprint density at radius 1 is 1.39 bits per heavy atom. The molecule has 1 aromatic carbocycles. The van der Waals surface area contributed by atoms with Gasteiger partial charge in [-0.15, -0.1) is 0 Å². The maximum Gasteiger partial charge on any atom is 0.172 e. The molecule has 18 heavy (non-hydrogen) atoms. The molecule has 1 fully saturated rings. The average molecular weight is 315 g/mol. The standard InChI is InChI=1S/C13H19BrN2O2/c1-9(16-5-3-15-4-6-16)10-7-11(14)13(17)12(8-10)18-2/h7-9,15,17H,3-6H2,1-2H3/t9-/m0/s1. The van der Waals surface area contributed by atoms with E-state index in [1.54, 1.807) is 7.11 Å². The van der Waals surface area contributed by atoms with Crippen molar-refractivity contribution in [3.63, 3.8) is 0 Å². The van der Waals surface area contributed by atoms with Gasteiger partial charge in [-0.05, 0) is 40.5 Å². The number of phenols is 1. The number of benzene rings is 1. The third-order valence-corrected chi connectivity index (χ3v) is 4.06. The van der Waals surface area contributed by atoms with Gasteiger partial charge in [0.05, 0.1) is 11.6 Å². The summed E-state index contributed by atoms with van der Waals surface area (Å²) in [6.45, 7) is 6.33. The number of ether oxygens (including phenoxy) is 1. The number of halogens is 1. The van der Waals surface area contributed by atoms with Crippen LogP contribution in [0.5, 0.6) is 11.5 Å². The molecule has 0 saturated carbocycles. The molecule has 4 nitrogen and oxygen atoms in total. The summed E-state index contributed by atoms with van der Waals surface area (Å²) in [7, 11) is 1.57. The van der Waals surface area contributed by atoms with Gasteiger partial charge in [-0.2, -0.15) is 0 Å². The predicted molar refractivity (Wildman–Crippen MR) is 75.2 cm³/mol. The van der Waals surface area contributed by atoms with Crippen molar-refractivity contribution in [1.29, 1.82) is 0 Å². The summed E-state index contributed by atoms with van der Waals surface area (Å²) in [5.41, 5.74) is 1.15. The minimum atomic E-state index is 0.161. The van der Waals surface area contributed by atoms with Crippen molar-refractivity contribution >= 4 is 15.9 Å². The Kier molecular flexibility index (Phi) is 4.48. The highest BCUT2D eigenvalue weighted by Crippen LogP contribution is 2.37. The number of rotatable bonds is 3. The van der Waals surface area contributed by atoms with Crippen LogP contribution in [0.25, 0.3) is 0 Å². The van der Waals surface area contributed by atoms with Gasteiger partial charge in [-0.3, -0.25) is 4.90 Å². The highest BCUT2D eigenvalue weighted by molar-refractivity contribution is 9.10. The molecule has 1 atom stereocenters. The molecule has 0 bridgehead atoms. The number of nitrogens with zero attached hydrogens (tertiary/aromatic N) is 1. The maximum absolute atomic E-state index is 9.82. The fraction of sp³-hybridized carbons (Fsp3) is 0.538. The molecular weight excluding hydrogens is 296 g/mol. The van der Waals surface area contributed by atoms with Gasteiger partial charge < -0.3 is 15.2 Å². The molecule has 1 aliphatic heterocycles. The highest BCUT2D eigenvalue weighted by Gasteiger charge is 2.20. The Bertz CT molecular complexity index is 420. The van der Waals surface area contributed by atoms with E-state index in [9.17, 15) is 5.11 Å². The Morgan fingerprint density at radius 3 is 2.67 bits per heavy atom. The van der Waals surface area contributed by atoms with E-state index in [-0.39, 0.29) is 5.75 Å². The predicted octanol–water partition coefficient (Wildman–Crippen LogP) is 2.13. The van der Waals surface area contributed by atoms with Crippen molar-refractivity contribution in [2.45, 2.75) is 13.0 Å². The molecule has 1 heterocycles. The first-order valence-corrected chi connectivity index (χ1v) is 6.94. The lowest BCUT2D eigenvalue weighted by molar-refractivity contribution is 0.185. The van der Waals surface area contributed by atoms with Crippen molar-refractivity contribution < 1.29 is 9.84 Å². The molecule has 0 unspecified atom stereocenters. The van der Waals surface area contributed by atoms with Crippen molar-refractivity contribution in [2.24, 2.45) is 0 Å². The van der Waals surface area contributed by atoms with Crippen LogP contribution in [0.4, 0.5) is 0 Å². The first-order chi connectivity index (χ1) is 8.63. The van der Waals surface area contributed by atoms with Gasteiger partial charge in [0.2, 0.25) is 0 Å². The van der Waals surface area contributed by atoms with E-state index in [4.69, 9.17) is 4.74 Å². The number of nitrogens with one attached hydrogen (secondary N) is 1. The summed E-state index contributed by atoms with van der Waals surface area (Å²) in [5.74, 6) is 0.676. The molecule has 0 amide bonds. The second-order valence-corrected chi connectivity index (χ2v) is 5.37. The minimum absolute atomic E-state index is 0.161. The number of methoxy groups -OCH3 is 1. The van der Waals surface area contributed by atoms with Crippen LogP contribution in [0.3, 0.4) is 0 Å². The monoisotopic (exact) mass is 314 g/mol. The van der Waals surface area contributed by atoms with E-state index in [0.717, 1.165) is 31.7 Å². The molecule has 0 spiro atoms. The molecule has 0 aliphatic carbocycles. The molecule has 0 aromatic heterocycles. The Labute approximate surface area is 116 Å². The van der Waals surface area contributed by atoms with Crippen molar-refractivity contribution in [2.75, 3.05) is 33.3 Å². The van der Waals surface area contributed by atoms with Gasteiger partial charge in [-0.25, -0.2) is 0 Å². The van der Waals surface area contributed by atoms with E-state index in [0.29, 0.717) is 16.3 Å². The first kappa shape index (κ1) is 13.6. The number of aromatic hydroxyl groups is 1. The second-order valence-electron chi connectivity index (χ2n) is 4.52. The largest absolute Gasteiger partial charge is 0.503 e. The maximum atomic E-state index is 9.82. The van der Waals surface area contributed by atoms with Gasteiger partial charge in [-0.1, -0.05) is 0 Å². The molecule has 5 heteroatoms. The first-order valence-electron chi connectivity index (χ1n) is 6.14. The van der Waals surface area contributed by atoms with E-state index in [1.807, 2.05) is 12.1 Å². The van der Waals surface area contributed by atoms with Crippen molar-refractivity contribution in [1.82, 2.24) is 10.2 Å². The fourth-order valence-corrected chi connectivity index (χ4v) is 2.73. The summed E-state index contributed by atoms with van der Waals surface area (Å²) in [6, 6.07) is 4.19. The lowest BCUT2D eigenvalue weighted by Gasteiger charge is -2.33. The van der Waals surface area contributed by atoms with Crippen LogP contribution in [0.15, 0.2) is 16.6 Å². The zero-order valence-corrected chi connectivity index (χ0v) is 12.3. The lowest BCUT2D eigenvalue weighted by Crippen LogP contribution is -2.44. The summed E-state index contributed by atoms with van der Waals surface area (Å²) >= 11 is 3.37. The van der Waals surface area contributed by atoms with E-state index >= 15 is 0 Å². The molecule has 100 valence electrons. The van der Waals surface area contributed by atoms with Crippen LogP contribution < -0.4 is 10.1 Å². The summed E-state index contributed by atoms with van der Waals surface area (Å²) < 4.78 is 5.87. The van der Waals surface area contributed by atoms with E-state index in [1.165, 1.54) is 0 Å². The van der Waals surface area contributed by atoms with E-state index in [2.05, 4.69) is 33.1 Å². The Morgan fingerprint density at radius 2 is 2.06 bits per heavy atom. The van der Waals surface area contributed by atoms with Crippen molar-refractivity contribution in [3.8, 4) is 11.5 Å². The number of hydrogen-bond acceptors (Lipinski definition) is 4. The topological polar surface area (TPSA) is 44.7 Å². The van der Waals surface area contributed by atoms with Crippen LogP contribution in [0, 0.1) is 0 Å². The van der Waals surface area contributed by atoms with Gasteiger partial charge in [0, 0.05) is 32.2 Å². The molecular formula is C13H19BrN2O2. The molecule has 0 radical (unpaired) electrons. The van der Waals surface area contributed by atoms with Crippen LogP contribution >= 0.6 is 15.9 Å². The van der Waals surface area contributed by atoms with Crippen LogP contribution in [-0.4, -0.2) is 43.3 Å². The molecule has 1 saturated heterocycles. The smallest absolute Gasteiger partial charge is 0.172 e. The molecule has 1 aromatic rings. The van der Waals surface area contributed by atoms with Gasteiger partial charge in [0.1, 0.15) is 0 Å². The average Bonchev–Trinajstić information content (AvgIpc) is 2.42. The third-order valence-electron chi connectivity index (χ3n) is 3.45. The number of piperazine rings is 1. The normalized spacial score (nSPS) is 18.6. The number of hydrogen-bond donors (Lipinski definition) is 2. The summed E-state index contributed by atoms with van der Waals surface area (Å²) in [6.07, 6.45) is 0. The molecule has 2 N–H and O–H groups in total. The second kappa shape index (κ2) is 5.91. The lowest BCUT2D eigenvalue weighted by atomic mass is 10.1. The number of phenolic OH excluding ortho intramolecular Hbond substituents is 1. The molecule has 2 rings (SSSR count).